The molecule has 0 aliphatic carbocycles. The first kappa shape index (κ1) is 16.3. The smallest absolute Gasteiger partial charge is 0.270 e. The van der Waals surface area contributed by atoms with Crippen molar-refractivity contribution in [3.8, 4) is 0 Å². The Kier molecular flexibility index (Phi) is 4.16. The van der Waals surface area contributed by atoms with Crippen molar-refractivity contribution < 1.29 is 9.72 Å². The number of aromatic nitrogens is 1. The molecule has 6 heteroatoms. The molecule has 0 radical (unpaired) electrons. The van der Waals surface area contributed by atoms with E-state index in [-0.39, 0.29) is 18.1 Å². The lowest BCUT2D eigenvalue weighted by Crippen LogP contribution is -2.31. The zero-order valence-electron chi connectivity index (χ0n) is 14.2. The highest BCUT2D eigenvalue weighted by atomic mass is 16.6. The third kappa shape index (κ3) is 3.06. The van der Waals surface area contributed by atoms with E-state index in [0.29, 0.717) is 5.92 Å². The molecule has 1 aliphatic heterocycles. The third-order valence-electron chi connectivity index (χ3n) is 5.08. The minimum atomic E-state index is -0.407. The van der Waals surface area contributed by atoms with Crippen LogP contribution in [0.3, 0.4) is 0 Å². The van der Waals surface area contributed by atoms with E-state index in [2.05, 4.69) is 12.1 Å². The van der Waals surface area contributed by atoms with Gasteiger partial charge in [-0.25, -0.2) is 0 Å². The molecule has 2 heterocycles. The first-order chi connectivity index (χ1) is 12.6. The molecule has 0 spiro atoms. The zero-order chi connectivity index (χ0) is 18.1. The molecule has 6 nitrogen and oxygen atoms in total. The van der Waals surface area contributed by atoms with Crippen molar-refractivity contribution in [3.05, 3.63) is 76.5 Å². The fraction of sp³-hybridized carbons (Fsp3) is 0.250. The fourth-order valence-electron chi connectivity index (χ4n) is 3.67. The molecule has 0 bridgehead atoms. The van der Waals surface area contributed by atoms with Crippen LogP contribution in [-0.2, 0) is 11.3 Å². The Morgan fingerprint density at radius 3 is 2.73 bits per heavy atom. The Morgan fingerprint density at radius 1 is 1.15 bits per heavy atom. The number of nitrogens with zero attached hydrogens (tertiary/aromatic N) is 3. The Morgan fingerprint density at radius 2 is 1.96 bits per heavy atom. The van der Waals surface area contributed by atoms with Crippen LogP contribution >= 0.6 is 0 Å². The molecule has 4 rings (SSSR count). The molecule has 26 heavy (non-hydrogen) atoms. The van der Waals surface area contributed by atoms with E-state index in [1.54, 1.807) is 6.07 Å². The Labute approximate surface area is 150 Å². The van der Waals surface area contributed by atoms with Crippen LogP contribution in [0.15, 0.2) is 60.8 Å². The van der Waals surface area contributed by atoms with E-state index in [9.17, 15) is 14.9 Å². The molecule has 1 aromatic heterocycles. The molecule has 3 aromatic rings. The van der Waals surface area contributed by atoms with E-state index in [1.165, 1.54) is 17.7 Å². The number of likely N-dealkylation sites (tertiary alicyclic amines) is 1. The number of non-ortho nitro benzene ring substituents is 1. The molecule has 1 aliphatic rings. The lowest BCUT2D eigenvalue weighted by molar-refractivity contribution is -0.384. The quantitative estimate of drug-likeness (QED) is 0.534. The number of carbonyl (C=O) groups excluding carboxylic acids is 1. The SMILES string of the molecule is O=C(Cn1ccc2cc([N+](=O)[O-])ccc21)N1CC[C@@H](c2ccccc2)C1. The van der Waals surface area contributed by atoms with Crippen molar-refractivity contribution in [1.82, 2.24) is 9.47 Å². The second-order valence-electron chi connectivity index (χ2n) is 6.68. The highest BCUT2D eigenvalue weighted by Gasteiger charge is 2.27. The summed E-state index contributed by atoms with van der Waals surface area (Å²) < 4.78 is 1.86. The van der Waals surface area contributed by atoms with Gasteiger partial charge in [-0.05, 0) is 24.1 Å². The minimum absolute atomic E-state index is 0.0619. The van der Waals surface area contributed by atoms with Crippen LogP contribution in [0.5, 0.6) is 0 Å². The minimum Gasteiger partial charge on any atom is -0.341 e. The number of hydrogen-bond donors (Lipinski definition) is 0. The van der Waals surface area contributed by atoms with Gasteiger partial charge in [0.15, 0.2) is 0 Å². The van der Waals surface area contributed by atoms with Gasteiger partial charge in [-0.2, -0.15) is 0 Å². The van der Waals surface area contributed by atoms with Crippen molar-refractivity contribution in [2.75, 3.05) is 13.1 Å². The predicted molar refractivity (Wildman–Crippen MR) is 99.0 cm³/mol. The summed E-state index contributed by atoms with van der Waals surface area (Å²) in [5, 5.41) is 11.7. The van der Waals surface area contributed by atoms with Crippen molar-refractivity contribution in [2.24, 2.45) is 0 Å². The first-order valence-corrected chi connectivity index (χ1v) is 8.68. The Balaban J connectivity index is 1.47. The van der Waals surface area contributed by atoms with Gasteiger partial charge in [0.1, 0.15) is 6.54 Å². The van der Waals surface area contributed by atoms with Gasteiger partial charge in [0.05, 0.1) is 4.92 Å². The van der Waals surface area contributed by atoms with E-state index in [4.69, 9.17) is 0 Å². The van der Waals surface area contributed by atoms with Crippen LogP contribution in [0.1, 0.15) is 17.9 Å². The number of benzene rings is 2. The van der Waals surface area contributed by atoms with Crippen molar-refractivity contribution in [3.63, 3.8) is 0 Å². The van der Waals surface area contributed by atoms with Crippen LogP contribution in [-0.4, -0.2) is 33.4 Å². The Bertz CT molecular complexity index is 965. The van der Waals surface area contributed by atoms with Gasteiger partial charge in [0.2, 0.25) is 5.91 Å². The van der Waals surface area contributed by atoms with Crippen molar-refractivity contribution >= 4 is 22.5 Å². The summed E-state index contributed by atoms with van der Waals surface area (Å²) in [4.78, 5) is 25.1. The summed E-state index contributed by atoms with van der Waals surface area (Å²) in [7, 11) is 0. The van der Waals surface area contributed by atoms with Gasteiger partial charge in [-0.1, -0.05) is 30.3 Å². The monoisotopic (exact) mass is 349 g/mol. The van der Waals surface area contributed by atoms with Crippen molar-refractivity contribution in [2.45, 2.75) is 18.9 Å². The van der Waals surface area contributed by atoms with Gasteiger partial charge < -0.3 is 9.47 Å². The molecule has 1 fully saturated rings. The average molecular weight is 349 g/mol. The number of nitro groups is 1. The largest absolute Gasteiger partial charge is 0.341 e. The number of fused-ring (bicyclic) bond motifs is 1. The van der Waals surface area contributed by atoms with Crippen molar-refractivity contribution in [1.29, 1.82) is 0 Å². The zero-order valence-corrected chi connectivity index (χ0v) is 14.2. The fourth-order valence-corrected chi connectivity index (χ4v) is 3.67. The van der Waals surface area contributed by atoms with Gasteiger partial charge in [0.25, 0.3) is 5.69 Å². The molecular formula is C20H19N3O3. The van der Waals surface area contributed by atoms with E-state index in [1.807, 2.05) is 39.9 Å². The lowest BCUT2D eigenvalue weighted by atomic mass is 9.99. The molecule has 1 atom stereocenters. The van der Waals surface area contributed by atoms with Crippen LogP contribution in [0, 0.1) is 10.1 Å². The van der Waals surface area contributed by atoms with Gasteiger partial charge >= 0.3 is 0 Å². The summed E-state index contributed by atoms with van der Waals surface area (Å²) in [6, 6.07) is 16.8. The van der Waals surface area contributed by atoms with Gasteiger partial charge in [-0.3, -0.25) is 14.9 Å². The third-order valence-corrected chi connectivity index (χ3v) is 5.08. The van der Waals surface area contributed by atoms with Gasteiger partial charge in [-0.15, -0.1) is 0 Å². The lowest BCUT2D eigenvalue weighted by Gasteiger charge is -2.17. The van der Waals surface area contributed by atoms with E-state index >= 15 is 0 Å². The predicted octanol–water partition coefficient (Wildman–Crippen LogP) is 3.57. The summed E-state index contributed by atoms with van der Waals surface area (Å²) >= 11 is 0. The highest BCUT2D eigenvalue weighted by molar-refractivity contribution is 5.85. The normalized spacial score (nSPS) is 16.9. The number of nitro benzene ring substituents is 1. The maximum absolute atomic E-state index is 12.7. The molecule has 132 valence electrons. The topological polar surface area (TPSA) is 68.4 Å². The molecule has 1 saturated heterocycles. The molecule has 0 saturated carbocycles. The Hall–Kier alpha value is -3.15. The number of amides is 1. The molecule has 0 N–H and O–H groups in total. The summed E-state index contributed by atoms with van der Waals surface area (Å²) in [6.07, 6.45) is 2.80. The molecule has 2 aromatic carbocycles. The average Bonchev–Trinajstić information content (AvgIpc) is 3.30. The number of rotatable bonds is 4. The van der Waals surface area contributed by atoms with Crippen LogP contribution in [0.4, 0.5) is 5.69 Å². The second kappa shape index (κ2) is 6.63. The highest BCUT2D eigenvalue weighted by Crippen LogP contribution is 2.27. The van der Waals surface area contributed by atoms with Crippen LogP contribution in [0.25, 0.3) is 10.9 Å². The van der Waals surface area contributed by atoms with E-state index < -0.39 is 4.92 Å². The van der Waals surface area contributed by atoms with Crippen LogP contribution < -0.4 is 0 Å². The molecule has 0 unspecified atom stereocenters. The van der Waals surface area contributed by atoms with E-state index in [0.717, 1.165) is 30.4 Å². The summed E-state index contributed by atoms with van der Waals surface area (Å²) in [5.41, 5.74) is 2.18. The maximum Gasteiger partial charge on any atom is 0.270 e. The first-order valence-electron chi connectivity index (χ1n) is 8.68. The standard InChI is InChI=1S/C20H19N3O3/c24-20(22-11-9-17(13-22)15-4-2-1-3-5-15)14-21-10-8-16-12-18(23(25)26)6-7-19(16)21/h1-8,10,12,17H,9,11,13-14H2/t17-/m1/s1. The maximum atomic E-state index is 12.7. The summed E-state index contributed by atoms with van der Waals surface area (Å²) in [5.74, 6) is 0.475. The van der Waals surface area contributed by atoms with Gasteiger partial charge in [0, 0.05) is 48.2 Å². The molecule has 1 amide bonds. The number of hydrogen-bond acceptors (Lipinski definition) is 3. The summed E-state index contributed by atoms with van der Waals surface area (Å²) in [6.45, 7) is 1.76. The van der Waals surface area contributed by atoms with Crippen LogP contribution in [0.2, 0.25) is 0 Å². The molecular weight excluding hydrogens is 330 g/mol. The second-order valence-corrected chi connectivity index (χ2v) is 6.68. The number of carbonyl (C=O) groups is 1.